The van der Waals surface area contributed by atoms with Gasteiger partial charge in [0.1, 0.15) is 0 Å². The van der Waals surface area contributed by atoms with Crippen molar-refractivity contribution in [3.05, 3.63) is 47.8 Å². The van der Waals surface area contributed by atoms with E-state index in [-0.39, 0.29) is 5.91 Å². The van der Waals surface area contributed by atoms with Crippen molar-refractivity contribution in [2.75, 3.05) is 13.1 Å². The fourth-order valence-corrected chi connectivity index (χ4v) is 3.61. The van der Waals surface area contributed by atoms with E-state index in [9.17, 15) is 4.79 Å². The van der Waals surface area contributed by atoms with E-state index in [1.165, 1.54) is 0 Å². The summed E-state index contributed by atoms with van der Waals surface area (Å²) in [5.41, 5.74) is 2.38. The molecule has 8 nitrogen and oxygen atoms in total. The molecule has 1 atom stereocenters. The van der Waals surface area contributed by atoms with Crippen LogP contribution in [0.4, 0.5) is 0 Å². The smallest absolute Gasteiger partial charge is 0.274 e. The molecule has 0 N–H and O–H groups in total. The van der Waals surface area contributed by atoms with E-state index in [4.69, 9.17) is 4.52 Å². The fourth-order valence-electron chi connectivity index (χ4n) is 3.61. The second kappa shape index (κ2) is 7.92. The predicted octanol–water partition coefficient (Wildman–Crippen LogP) is 2.66. The topological polar surface area (TPSA) is 89.9 Å². The molecule has 0 bridgehead atoms. The molecule has 0 saturated carbocycles. The Labute approximate surface area is 163 Å². The Morgan fingerprint density at radius 3 is 2.89 bits per heavy atom. The number of carbonyl (C=O) groups excluding carboxylic acids is 1. The summed E-state index contributed by atoms with van der Waals surface area (Å²) in [7, 11) is 1.86. The number of carbonyl (C=O) groups is 1. The Hall–Kier alpha value is -3.03. The number of nitrogens with zero attached hydrogens (tertiary/aromatic N) is 6. The van der Waals surface area contributed by atoms with Crippen molar-refractivity contribution in [3.8, 4) is 11.5 Å². The lowest BCUT2D eigenvalue weighted by Gasteiger charge is -2.32. The van der Waals surface area contributed by atoms with E-state index < -0.39 is 0 Å². The summed E-state index contributed by atoms with van der Waals surface area (Å²) in [4.78, 5) is 23.2. The van der Waals surface area contributed by atoms with Crippen molar-refractivity contribution in [3.63, 3.8) is 0 Å². The zero-order valence-electron chi connectivity index (χ0n) is 16.2. The second-order valence-electron chi connectivity index (χ2n) is 7.34. The Morgan fingerprint density at radius 2 is 2.14 bits per heavy atom. The van der Waals surface area contributed by atoms with Crippen LogP contribution in [-0.2, 0) is 13.5 Å². The van der Waals surface area contributed by atoms with Gasteiger partial charge in [0.2, 0.25) is 0 Å². The predicted molar refractivity (Wildman–Crippen MR) is 102 cm³/mol. The normalized spacial score (nSPS) is 17.1. The molecule has 0 spiro atoms. The molecular weight excluding hydrogens is 356 g/mol. The average Bonchev–Trinajstić information content (AvgIpc) is 3.33. The van der Waals surface area contributed by atoms with Gasteiger partial charge in [-0.05, 0) is 50.3 Å². The summed E-state index contributed by atoms with van der Waals surface area (Å²) in [6.07, 6.45) is 7.20. The van der Waals surface area contributed by atoms with E-state index >= 15 is 0 Å². The third-order valence-electron chi connectivity index (χ3n) is 5.31. The van der Waals surface area contributed by atoms with Crippen LogP contribution in [0.1, 0.15) is 41.3 Å². The van der Waals surface area contributed by atoms with Gasteiger partial charge in [-0.15, -0.1) is 0 Å². The molecular formula is C20H24N6O2. The molecule has 8 heteroatoms. The lowest BCUT2D eigenvalue weighted by Crippen LogP contribution is -2.40. The summed E-state index contributed by atoms with van der Waals surface area (Å²) in [5.74, 6) is 1.68. The molecule has 1 saturated heterocycles. The molecule has 1 unspecified atom stereocenters. The lowest BCUT2D eigenvalue weighted by atomic mass is 9.93. The minimum atomic E-state index is 0.0212. The Bertz CT molecular complexity index is 929. The fraction of sp³-hybridized carbons (Fsp3) is 0.450. The van der Waals surface area contributed by atoms with Crippen LogP contribution in [0.2, 0.25) is 0 Å². The molecule has 3 aromatic rings. The summed E-state index contributed by atoms with van der Waals surface area (Å²) in [6.45, 7) is 3.50. The van der Waals surface area contributed by atoms with Gasteiger partial charge in [-0.25, -0.2) is 0 Å². The molecule has 28 heavy (non-hydrogen) atoms. The highest BCUT2D eigenvalue weighted by Gasteiger charge is 2.26. The van der Waals surface area contributed by atoms with Crippen LogP contribution in [0.5, 0.6) is 0 Å². The van der Waals surface area contributed by atoms with Crippen LogP contribution in [0.25, 0.3) is 11.5 Å². The number of pyridine rings is 1. The van der Waals surface area contributed by atoms with Crippen molar-refractivity contribution >= 4 is 5.91 Å². The van der Waals surface area contributed by atoms with Gasteiger partial charge in [0.05, 0.1) is 0 Å². The van der Waals surface area contributed by atoms with Crippen LogP contribution in [0.15, 0.2) is 35.1 Å². The van der Waals surface area contributed by atoms with Gasteiger partial charge < -0.3 is 9.42 Å². The Balaban J connectivity index is 1.34. The third kappa shape index (κ3) is 3.95. The number of amides is 1. The van der Waals surface area contributed by atoms with Gasteiger partial charge in [-0.1, -0.05) is 5.16 Å². The molecule has 0 radical (unpaired) electrons. The summed E-state index contributed by atoms with van der Waals surface area (Å²) < 4.78 is 7.10. The van der Waals surface area contributed by atoms with Gasteiger partial charge in [0, 0.05) is 50.2 Å². The highest BCUT2D eigenvalue weighted by Crippen LogP contribution is 2.23. The van der Waals surface area contributed by atoms with Gasteiger partial charge in [0.15, 0.2) is 11.5 Å². The van der Waals surface area contributed by atoms with Crippen LogP contribution < -0.4 is 0 Å². The highest BCUT2D eigenvalue weighted by atomic mass is 16.5. The highest BCUT2D eigenvalue weighted by molar-refractivity contribution is 5.92. The van der Waals surface area contributed by atoms with Crippen LogP contribution in [-0.4, -0.2) is 48.8 Å². The van der Waals surface area contributed by atoms with Gasteiger partial charge >= 0.3 is 0 Å². The Morgan fingerprint density at radius 1 is 1.32 bits per heavy atom. The van der Waals surface area contributed by atoms with Gasteiger partial charge in [-0.3, -0.25) is 14.5 Å². The molecule has 0 aliphatic carbocycles. The molecule has 4 rings (SSSR count). The van der Waals surface area contributed by atoms with Crippen molar-refractivity contribution in [2.24, 2.45) is 13.0 Å². The first-order chi connectivity index (χ1) is 13.6. The van der Waals surface area contributed by atoms with Crippen molar-refractivity contribution in [1.29, 1.82) is 0 Å². The van der Waals surface area contributed by atoms with E-state index in [0.29, 0.717) is 23.3 Å². The zero-order chi connectivity index (χ0) is 19.5. The number of piperidine rings is 1. The van der Waals surface area contributed by atoms with E-state index in [2.05, 4.69) is 20.2 Å². The summed E-state index contributed by atoms with van der Waals surface area (Å²) in [6, 6.07) is 5.55. The number of aryl methyl sites for hydroxylation is 3. The van der Waals surface area contributed by atoms with Crippen molar-refractivity contribution in [2.45, 2.75) is 32.6 Å². The largest absolute Gasteiger partial charge is 0.337 e. The van der Waals surface area contributed by atoms with Crippen molar-refractivity contribution in [1.82, 2.24) is 29.8 Å². The number of likely N-dealkylation sites (tertiary alicyclic amines) is 1. The standard InChI is InChI=1S/C20H24N6O2/c1-14-12-17(23-25(14)2)20(27)26-11-3-4-15(13-26)5-6-18-22-19(28-24-18)16-7-9-21-10-8-16/h7-10,12,15H,3-6,11,13H2,1-2H3. The van der Waals surface area contributed by atoms with Gasteiger partial charge in [-0.2, -0.15) is 10.1 Å². The molecule has 4 heterocycles. The number of rotatable bonds is 5. The quantitative estimate of drug-likeness (QED) is 0.676. The maximum Gasteiger partial charge on any atom is 0.274 e. The molecule has 1 aliphatic heterocycles. The SMILES string of the molecule is Cc1cc(C(=O)N2CCCC(CCc3noc(-c4ccncc4)n3)C2)nn1C. The summed E-state index contributed by atoms with van der Waals surface area (Å²) >= 11 is 0. The molecule has 1 aliphatic rings. The first kappa shape index (κ1) is 18.3. The average molecular weight is 380 g/mol. The van der Waals surface area contributed by atoms with Crippen LogP contribution in [0, 0.1) is 12.8 Å². The minimum Gasteiger partial charge on any atom is -0.337 e. The molecule has 146 valence electrons. The molecule has 1 amide bonds. The van der Waals surface area contributed by atoms with E-state index in [1.807, 2.05) is 37.1 Å². The maximum atomic E-state index is 12.8. The van der Waals surface area contributed by atoms with Crippen LogP contribution >= 0.6 is 0 Å². The van der Waals surface area contributed by atoms with Gasteiger partial charge in [0.25, 0.3) is 11.8 Å². The van der Waals surface area contributed by atoms with E-state index in [0.717, 1.165) is 50.0 Å². The lowest BCUT2D eigenvalue weighted by molar-refractivity contribution is 0.0661. The van der Waals surface area contributed by atoms with Crippen molar-refractivity contribution < 1.29 is 9.32 Å². The number of hydrogen-bond acceptors (Lipinski definition) is 6. The minimum absolute atomic E-state index is 0.0212. The first-order valence-corrected chi connectivity index (χ1v) is 9.63. The molecule has 3 aromatic heterocycles. The summed E-state index contributed by atoms with van der Waals surface area (Å²) in [5, 5.41) is 8.42. The Kier molecular flexibility index (Phi) is 5.18. The monoisotopic (exact) mass is 380 g/mol. The molecule has 1 fully saturated rings. The third-order valence-corrected chi connectivity index (χ3v) is 5.31. The van der Waals surface area contributed by atoms with E-state index in [1.54, 1.807) is 17.1 Å². The maximum absolute atomic E-state index is 12.8. The second-order valence-corrected chi connectivity index (χ2v) is 7.34. The first-order valence-electron chi connectivity index (χ1n) is 9.63. The van der Waals surface area contributed by atoms with Crippen LogP contribution in [0.3, 0.4) is 0 Å². The number of hydrogen-bond donors (Lipinski definition) is 0. The zero-order valence-corrected chi connectivity index (χ0v) is 16.2. The number of aromatic nitrogens is 5. The molecule has 0 aromatic carbocycles.